The van der Waals surface area contributed by atoms with E-state index in [0.29, 0.717) is 23.2 Å². The number of nitrogens with zero attached hydrogens (tertiary/aromatic N) is 1. The third-order valence-electron chi connectivity index (χ3n) is 3.50. The number of hydrogen-bond acceptors (Lipinski definition) is 4. The van der Waals surface area contributed by atoms with Gasteiger partial charge in [0, 0.05) is 30.8 Å². The molecule has 0 radical (unpaired) electrons. The summed E-state index contributed by atoms with van der Waals surface area (Å²) in [5.41, 5.74) is -0.300. The monoisotopic (exact) mass is 385 g/mol. The van der Waals surface area contributed by atoms with Gasteiger partial charge in [0.1, 0.15) is 5.75 Å². The Morgan fingerprint density at radius 2 is 2.00 bits per heavy atom. The van der Waals surface area contributed by atoms with Crippen molar-refractivity contribution in [2.75, 3.05) is 18.5 Å². The summed E-state index contributed by atoms with van der Waals surface area (Å²) in [7, 11) is 1.76. The maximum Gasteiger partial charge on any atom is 1.00 e. The molecule has 0 aliphatic carbocycles. The second-order valence-electron chi connectivity index (χ2n) is 6.04. The molecule has 0 amide bonds. The number of carboxylic acids is 1. The standard InChI is InChI=1S/C16H17ClF3NO3.Na/c1-8(2)7-21(3)12-6-13-9(5-11(12)17)4-10(15(22)23)14(24-13)16(18,19)20;/h4-6,8,14H,7H2,1-3H3,(H,22,23);/q;+1/p-1/t14-;/m1./s1. The predicted molar refractivity (Wildman–Crippen MR) is 83.0 cm³/mol. The second-order valence-corrected chi connectivity index (χ2v) is 6.45. The molecule has 9 heteroatoms. The van der Waals surface area contributed by atoms with Gasteiger partial charge in [-0.25, -0.2) is 0 Å². The molecule has 1 aliphatic rings. The van der Waals surface area contributed by atoms with Crippen LogP contribution in [-0.2, 0) is 4.79 Å². The Morgan fingerprint density at radius 1 is 1.40 bits per heavy atom. The van der Waals surface area contributed by atoms with Crippen LogP contribution in [-0.4, -0.2) is 31.8 Å². The van der Waals surface area contributed by atoms with Gasteiger partial charge in [-0.2, -0.15) is 13.2 Å². The van der Waals surface area contributed by atoms with Crippen molar-refractivity contribution in [3.05, 3.63) is 28.3 Å². The number of ether oxygens (including phenoxy) is 1. The molecule has 0 N–H and O–H groups in total. The van der Waals surface area contributed by atoms with Crippen LogP contribution >= 0.6 is 11.6 Å². The summed E-state index contributed by atoms with van der Waals surface area (Å²) in [5.74, 6) is -1.69. The largest absolute Gasteiger partial charge is 1.00 e. The van der Waals surface area contributed by atoms with E-state index in [1.54, 1.807) is 11.9 Å². The number of aliphatic carboxylic acids is 1. The Balaban J connectivity index is 0.00000312. The number of benzene rings is 1. The second kappa shape index (κ2) is 8.20. The molecule has 2 rings (SSSR count). The van der Waals surface area contributed by atoms with Crippen molar-refractivity contribution in [2.24, 2.45) is 5.92 Å². The fraction of sp³-hybridized carbons (Fsp3) is 0.438. The van der Waals surface area contributed by atoms with Crippen LogP contribution < -0.4 is 44.3 Å². The van der Waals surface area contributed by atoms with Crippen LogP contribution in [0.15, 0.2) is 17.7 Å². The first-order valence-corrected chi connectivity index (χ1v) is 7.59. The van der Waals surface area contributed by atoms with Gasteiger partial charge in [0.2, 0.25) is 6.10 Å². The van der Waals surface area contributed by atoms with Gasteiger partial charge in [-0.15, -0.1) is 0 Å². The predicted octanol–water partition coefficient (Wildman–Crippen LogP) is -0.107. The summed E-state index contributed by atoms with van der Waals surface area (Å²) in [5, 5.41) is 11.3. The van der Waals surface area contributed by atoms with E-state index in [1.165, 1.54) is 12.1 Å². The molecular formula is C16H16ClF3NNaO3. The molecular weight excluding hydrogens is 370 g/mol. The van der Waals surface area contributed by atoms with Gasteiger partial charge in [-0.05, 0) is 18.1 Å². The van der Waals surface area contributed by atoms with Crippen LogP contribution in [0.2, 0.25) is 5.02 Å². The van der Waals surface area contributed by atoms with Crippen molar-refractivity contribution in [1.29, 1.82) is 0 Å². The Morgan fingerprint density at radius 3 is 2.48 bits per heavy atom. The van der Waals surface area contributed by atoms with Crippen LogP contribution in [0.1, 0.15) is 19.4 Å². The smallest absolute Gasteiger partial charge is 0.545 e. The Labute approximate surface area is 170 Å². The molecule has 25 heavy (non-hydrogen) atoms. The summed E-state index contributed by atoms with van der Waals surface area (Å²) in [6.45, 7) is 4.63. The fourth-order valence-corrected chi connectivity index (χ4v) is 2.87. The third kappa shape index (κ3) is 5.06. The number of carboxylic acid groups (broad SMARTS) is 1. The molecule has 1 aromatic carbocycles. The first kappa shape index (κ1) is 22.2. The molecule has 1 atom stereocenters. The van der Waals surface area contributed by atoms with E-state index in [9.17, 15) is 23.1 Å². The van der Waals surface area contributed by atoms with E-state index < -0.39 is 23.8 Å². The molecule has 0 unspecified atom stereocenters. The molecule has 0 saturated heterocycles. The molecule has 0 saturated carbocycles. The van der Waals surface area contributed by atoms with E-state index in [2.05, 4.69) is 0 Å². The molecule has 1 aliphatic heterocycles. The SMILES string of the molecule is CC(C)CN(C)c1cc2c(cc1Cl)C=C(C(=O)[O-])[C@H](C(F)(F)F)O2.[Na+]. The quantitative estimate of drug-likeness (QED) is 0.679. The van der Waals surface area contributed by atoms with E-state index in [0.717, 1.165) is 6.08 Å². The number of fused-ring (bicyclic) bond motifs is 1. The summed E-state index contributed by atoms with van der Waals surface area (Å²) in [4.78, 5) is 12.8. The topological polar surface area (TPSA) is 52.6 Å². The average molecular weight is 386 g/mol. The minimum Gasteiger partial charge on any atom is -0.545 e. The minimum atomic E-state index is -4.87. The van der Waals surface area contributed by atoms with E-state index in [4.69, 9.17) is 16.3 Å². The number of rotatable bonds is 4. The number of carbonyl (C=O) groups excluding carboxylic acids is 1. The average Bonchev–Trinajstić information content (AvgIpc) is 2.43. The van der Waals surface area contributed by atoms with Gasteiger partial charge in [-0.1, -0.05) is 25.4 Å². The number of alkyl halides is 3. The number of halogens is 4. The zero-order chi connectivity index (χ0) is 18.2. The maximum atomic E-state index is 13.1. The van der Waals surface area contributed by atoms with Crippen molar-refractivity contribution in [1.82, 2.24) is 0 Å². The van der Waals surface area contributed by atoms with Gasteiger partial charge in [-0.3, -0.25) is 0 Å². The molecule has 0 bridgehead atoms. The molecule has 4 nitrogen and oxygen atoms in total. The van der Waals surface area contributed by atoms with Crippen molar-refractivity contribution >= 4 is 29.3 Å². The molecule has 1 heterocycles. The number of anilines is 1. The Bertz CT molecular complexity index is 692. The molecule has 0 fully saturated rings. The normalized spacial score (nSPS) is 16.5. The maximum absolute atomic E-state index is 13.1. The zero-order valence-corrected chi connectivity index (χ0v) is 17.0. The van der Waals surface area contributed by atoms with Crippen molar-refractivity contribution in [2.45, 2.75) is 26.1 Å². The first-order valence-electron chi connectivity index (χ1n) is 7.21. The van der Waals surface area contributed by atoms with Gasteiger partial charge >= 0.3 is 35.7 Å². The number of hydrogen-bond donors (Lipinski definition) is 0. The van der Waals surface area contributed by atoms with E-state index in [1.807, 2.05) is 13.8 Å². The van der Waals surface area contributed by atoms with Crippen molar-refractivity contribution < 1.29 is 57.4 Å². The fourth-order valence-electron chi connectivity index (χ4n) is 2.55. The van der Waals surface area contributed by atoms with Gasteiger partial charge < -0.3 is 19.5 Å². The summed E-state index contributed by atoms with van der Waals surface area (Å²) < 4.78 is 44.1. The van der Waals surface area contributed by atoms with E-state index in [-0.39, 0.29) is 40.9 Å². The molecule has 0 aromatic heterocycles. The molecule has 1 aromatic rings. The van der Waals surface area contributed by atoms with E-state index >= 15 is 0 Å². The molecule has 0 spiro atoms. The molecule has 132 valence electrons. The Hall–Kier alpha value is -0.890. The van der Waals surface area contributed by atoms with Gasteiger partial charge in [0.15, 0.2) is 0 Å². The third-order valence-corrected chi connectivity index (χ3v) is 3.80. The van der Waals surface area contributed by atoms with Crippen LogP contribution in [0, 0.1) is 5.92 Å². The van der Waals surface area contributed by atoms with Crippen LogP contribution in [0.25, 0.3) is 6.08 Å². The summed E-state index contributed by atoms with van der Waals surface area (Å²) in [6.07, 6.45) is -6.54. The van der Waals surface area contributed by atoms with Crippen LogP contribution in [0.3, 0.4) is 0 Å². The summed E-state index contributed by atoms with van der Waals surface area (Å²) in [6, 6.07) is 2.78. The van der Waals surface area contributed by atoms with Crippen molar-refractivity contribution in [3.8, 4) is 5.75 Å². The van der Waals surface area contributed by atoms with Gasteiger partial charge in [0.25, 0.3) is 0 Å². The van der Waals surface area contributed by atoms with Gasteiger partial charge in [0.05, 0.1) is 16.7 Å². The minimum absolute atomic E-state index is 0. The first-order chi connectivity index (χ1) is 11.0. The number of carbonyl (C=O) groups is 1. The van der Waals surface area contributed by atoms with Crippen LogP contribution in [0.5, 0.6) is 5.75 Å². The van der Waals surface area contributed by atoms with Crippen molar-refractivity contribution in [3.63, 3.8) is 0 Å². The Kier molecular flexibility index (Phi) is 7.27. The van der Waals surface area contributed by atoms with Crippen LogP contribution in [0.4, 0.5) is 18.9 Å². The summed E-state index contributed by atoms with van der Waals surface area (Å²) >= 11 is 6.18. The zero-order valence-electron chi connectivity index (χ0n) is 14.3.